The van der Waals surface area contributed by atoms with Crippen molar-refractivity contribution in [1.82, 2.24) is 5.16 Å². The van der Waals surface area contributed by atoms with Crippen molar-refractivity contribution in [3.8, 4) is 11.5 Å². The van der Waals surface area contributed by atoms with Crippen LogP contribution in [0.15, 0.2) is 33.4 Å². The van der Waals surface area contributed by atoms with E-state index in [-0.39, 0.29) is 5.91 Å². The molecular weight excluding hydrogens is 208 g/mol. The topological polar surface area (TPSA) is 82.3 Å². The molecule has 1 fully saturated rings. The predicted octanol–water partition coefficient (Wildman–Crippen LogP) is 1.45. The van der Waals surface area contributed by atoms with Crippen LogP contribution in [0.5, 0.6) is 0 Å². The van der Waals surface area contributed by atoms with Crippen LogP contribution < -0.4 is 5.73 Å². The zero-order valence-corrected chi connectivity index (χ0v) is 8.47. The highest BCUT2D eigenvalue weighted by Gasteiger charge is 2.52. The van der Waals surface area contributed by atoms with Crippen molar-refractivity contribution in [1.29, 1.82) is 0 Å². The minimum Gasteiger partial charge on any atom is -0.461 e. The second kappa shape index (κ2) is 2.98. The number of amides is 1. The molecule has 0 aromatic carbocycles. The number of carbonyl (C=O) groups is 1. The average molecular weight is 218 g/mol. The Hall–Kier alpha value is -2.04. The molecule has 0 spiro atoms. The molecule has 1 amide bonds. The molecule has 5 nitrogen and oxygen atoms in total. The maximum atomic E-state index is 11.3. The average Bonchev–Trinajstić information content (AvgIpc) is 2.75. The van der Waals surface area contributed by atoms with Crippen LogP contribution in [-0.2, 0) is 10.2 Å². The Kier molecular flexibility index (Phi) is 1.71. The van der Waals surface area contributed by atoms with Crippen LogP contribution in [0.1, 0.15) is 18.5 Å². The van der Waals surface area contributed by atoms with E-state index in [1.165, 1.54) is 0 Å². The second-order valence-electron chi connectivity index (χ2n) is 4.00. The third-order valence-corrected chi connectivity index (χ3v) is 2.99. The van der Waals surface area contributed by atoms with Gasteiger partial charge in [-0.05, 0) is 25.0 Å². The molecule has 0 bridgehead atoms. The van der Waals surface area contributed by atoms with Gasteiger partial charge in [-0.2, -0.15) is 0 Å². The van der Waals surface area contributed by atoms with Crippen LogP contribution >= 0.6 is 0 Å². The van der Waals surface area contributed by atoms with Gasteiger partial charge in [-0.1, -0.05) is 5.16 Å². The summed E-state index contributed by atoms with van der Waals surface area (Å²) in [5.41, 5.74) is 5.35. The van der Waals surface area contributed by atoms with Gasteiger partial charge in [-0.15, -0.1) is 0 Å². The molecule has 1 saturated carbocycles. The van der Waals surface area contributed by atoms with Gasteiger partial charge in [0, 0.05) is 6.07 Å². The van der Waals surface area contributed by atoms with Gasteiger partial charge in [0.1, 0.15) is 0 Å². The lowest BCUT2D eigenvalue weighted by Crippen LogP contribution is -2.28. The summed E-state index contributed by atoms with van der Waals surface area (Å²) in [5, 5.41) is 3.89. The van der Waals surface area contributed by atoms with E-state index in [1.54, 1.807) is 24.5 Å². The molecule has 3 rings (SSSR count). The van der Waals surface area contributed by atoms with Crippen LogP contribution in [0, 0.1) is 0 Å². The number of hydrogen-bond acceptors (Lipinski definition) is 4. The van der Waals surface area contributed by atoms with Gasteiger partial charge >= 0.3 is 0 Å². The first-order valence-corrected chi connectivity index (χ1v) is 5.03. The summed E-state index contributed by atoms with van der Waals surface area (Å²) < 4.78 is 10.3. The largest absolute Gasteiger partial charge is 0.461 e. The lowest BCUT2D eigenvalue weighted by molar-refractivity contribution is -0.120. The number of nitrogens with zero attached hydrogens (tertiary/aromatic N) is 1. The van der Waals surface area contributed by atoms with E-state index in [4.69, 9.17) is 14.7 Å². The van der Waals surface area contributed by atoms with Gasteiger partial charge in [0.25, 0.3) is 0 Å². The minimum atomic E-state index is -0.603. The maximum Gasteiger partial charge on any atom is 0.229 e. The molecule has 0 unspecified atom stereocenters. The molecule has 0 saturated heterocycles. The second-order valence-corrected chi connectivity index (χ2v) is 4.00. The summed E-state index contributed by atoms with van der Waals surface area (Å²) in [6.45, 7) is 0. The normalized spacial score (nSPS) is 17.2. The van der Waals surface area contributed by atoms with E-state index >= 15 is 0 Å². The molecule has 2 aromatic heterocycles. The molecule has 0 aliphatic heterocycles. The third-order valence-electron chi connectivity index (χ3n) is 2.99. The van der Waals surface area contributed by atoms with Gasteiger partial charge in [0.05, 0.1) is 17.4 Å². The highest BCUT2D eigenvalue weighted by Crippen LogP contribution is 2.48. The van der Waals surface area contributed by atoms with Gasteiger partial charge < -0.3 is 14.7 Å². The summed E-state index contributed by atoms with van der Waals surface area (Å²) in [6, 6.07) is 5.25. The molecule has 2 heterocycles. The fraction of sp³-hybridized carbons (Fsp3) is 0.273. The van der Waals surface area contributed by atoms with Crippen molar-refractivity contribution >= 4 is 5.91 Å². The first-order chi connectivity index (χ1) is 7.72. The lowest BCUT2D eigenvalue weighted by Gasteiger charge is -2.03. The standard InChI is InChI=1S/C11H10N2O3/c12-10(14)11(3-4-11)9-6-8(16-13-9)7-2-1-5-15-7/h1-2,5-6H,3-4H2,(H2,12,14). The molecule has 1 aliphatic rings. The predicted molar refractivity (Wildman–Crippen MR) is 54.3 cm³/mol. The summed E-state index contributed by atoms with van der Waals surface area (Å²) in [5.74, 6) is 0.776. The molecule has 1 aliphatic carbocycles. The van der Waals surface area contributed by atoms with E-state index in [9.17, 15) is 4.79 Å². The van der Waals surface area contributed by atoms with Crippen molar-refractivity contribution in [2.45, 2.75) is 18.3 Å². The fourth-order valence-corrected chi connectivity index (χ4v) is 1.79. The molecule has 0 radical (unpaired) electrons. The number of rotatable bonds is 3. The SMILES string of the molecule is NC(=O)C1(c2cc(-c3ccco3)on2)CC1. The molecule has 16 heavy (non-hydrogen) atoms. The summed E-state index contributed by atoms with van der Waals surface area (Å²) in [7, 11) is 0. The zero-order valence-electron chi connectivity index (χ0n) is 8.47. The van der Waals surface area contributed by atoms with E-state index in [2.05, 4.69) is 5.16 Å². The first kappa shape index (κ1) is 9.21. The fourth-order valence-electron chi connectivity index (χ4n) is 1.79. The Morgan fingerprint density at radius 1 is 1.44 bits per heavy atom. The van der Waals surface area contributed by atoms with Crippen LogP contribution in [0.25, 0.3) is 11.5 Å². The van der Waals surface area contributed by atoms with E-state index < -0.39 is 5.41 Å². The van der Waals surface area contributed by atoms with Gasteiger partial charge in [0.2, 0.25) is 11.7 Å². The smallest absolute Gasteiger partial charge is 0.229 e. The lowest BCUT2D eigenvalue weighted by atomic mass is 10.0. The van der Waals surface area contributed by atoms with E-state index in [0.717, 1.165) is 12.8 Å². The van der Waals surface area contributed by atoms with Crippen molar-refractivity contribution in [2.75, 3.05) is 0 Å². The Balaban J connectivity index is 1.98. The summed E-state index contributed by atoms with van der Waals surface area (Å²) >= 11 is 0. The molecule has 2 aromatic rings. The molecule has 82 valence electrons. The first-order valence-electron chi connectivity index (χ1n) is 5.03. The molecular formula is C11H10N2O3. The van der Waals surface area contributed by atoms with Crippen LogP contribution in [0.4, 0.5) is 0 Å². The Bertz CT molecular complexity index is 523. The number of carbonyl (C=O) groups excluding carboxylic acids is 1. The van der Waals surface area contributed by atoms with Crippen molar-refractivity contribution in [2.24, 2.45) is 5.73 Å². The minimum absolute atomic E-state index is 0.341. The van der Waals surface area contributed by atoms with Crippen LogP contribution in [0.3, 0.4) is 0 Å². The summed E-state index contributed by atoms with van der Waals surface area (Å²) in [4.78, 5) is 11.3. The number of furan rings is 1. The highest BCUT2D eigenvalue weighted by atomic mass is 16.5. The Morgan fingerprint density at radius 3 is 2.81 bits per heavy atom. The Labute approximate surface area is 91.2 Å². The third kappa shape index (κ3) is 1.18. The monoisotopic (exact) mass is 218 g/mol. The molecule has 0 atom stereocenters. The van der Waals surface area contributed by atoms with Crippen molar-refractivity contribution < 1.29 is 13.7 Å². The van der Waals surface area contributed by atoms with Gasteiger partial charge in [0.15, 0.2) is 5.76 Å². The number of primary amides is 1. The Morgan fingerprint density at radius 2 is 2.25 bits per heavy atom. The van der Waals surface area contributed by atoms with Crippen molar-refractivity contribution in [3.05, 3.63) is 30.2 Å². The molecule has 2 N–H and O–H groups in total. The summed E-state index contributed by atoms with van der Waals surface area (Å²) in [6.07, 6.45) is 3.04. The quantitative estimate of drug-likeness (QED) is 0.845. The zero-order chi connectivity index (χ0) is 11.2. The van der Waals surface area contributed by atoms with Gasteiger partial charge in [-0.3, -0.25) is 4.79 Å². The van der Waals surface area contributed by atoms with Crippen molar-refractivity contribution in [3.63, 3.8) is 0 Å². The maximum absolute atomic E-state index is 11.3. The number of nitrogens with two attached hydrogens (primary N) is 1. The molecule has 5 heteroatoms. The van der Waals surface area contributed by atoms with E-state index in [0.29, 0.717) is 17.2 Å². The van der Waals surface area contributed by atoms with Gasteiger partial charge in [-0.25, -0.2) is 0 Å². The number of aromatic nitrogens is 1. The highest BCUT2D eigenvalue weighted by molar-refractivity contribution is 5.89. The van der Waals surface area contributed by atoms with E-state index in [1.807, 2.05) is 0 Å². The van der Waals surface area contributed by atoms with Crippen LogP contribution in [0.2, 0.25) is 0 Å². The number of hydrogen-bond donors (Lipinski definition) is 1. The van der Waals surface area contributed by atoms with Crippen LogP contribution in [-0.4, -0.2) is 11.1 Å².